The van der Waals surface area contributed by atoms with Crippen LogP contribution in [0, 0.1) is 0 Å². The molecule has 0 aromatic carbocycles. The minimum atomic E-state index is -1.20. The Morgan fingerprint density at radius 1 is 1.39 bits per heavy atom. The summed E-state index contributed by atoms with van der Waals surface area (Å²) in [4.78, 5) is 19.1. The molecule has 4 N–H and O–H groups in total. The molecule has 0 amide bonds. The Bertz CT molecular complexity index is 506. The molecule has 1 aromatic rings. The lowest BCUT2D eigenvalue weighted by Gasteiger charge is -2.31. The van der Waals surface area contributed by atoms with Crippen molar-refractivity contribution in [3.8, 4) is 0 Å². The summed E-state index contributed by atoms with van der Waals surface area (Å²) >= 11 is 0. The van der Waals surface area contributed by atoms with Gasteiger partial charge in [-0.25, -0.2) is 19.7 Å². The minimum absolute atomic E-state index is 0.236. The molecule has 0 fully saturated rings. The van der Waals surface area contributed by atoms with E-state index in [4.69, 9.17) is 9.62 Å². The second kappa shape index (κ2) is 8.22. The molecule has 23 heavy (non-hydrogen) atoms. The zero-order valence-corrected chi connectivity index (χ0v) is 13.4. The smallest absolute Gasteiger partial charge is 0.161 e. The molecule has 130 valence electrons. The van der Waals surface area contributed by atoms with Crippen LogP contribution in [0.5, 0.6) is 0 Å². The van der Waals surface area contributed by atoms with Crippen LogP contribution in [0.25, 0.3) is 0 Å². The molecule has 3 atom stereocenters. The fourth-order valence-corrected chi connectivity index (χ4v) is 2.46. The van der Waals surface area contributed by atoms with Gasteiger partial charge in [0.15, 0.2) is 17.9 Å². The van der Waals surface area contributed by atoms with Gasteiger partial charge in [0.2, 0.25) is 0 Å². The van der Waals surface area contributed by atoms with Crippen molar-refractivity contribution >= 4 is 17.3 Å². The van der Waals surface area contributed by atoms with Crippen LogP contribution in [-0.4, -0.2) is 73.2 Å². The molecule has 2 heterocycles. The highest BCUT2D eigenvalue weighted by Gasteiger charge is 2.35. The highest BCUT2D eigenvalue weighted by Crippen LogP contribution is 2.35. The molecule has 2 rings (SSSR count). The normalized spacial score (nSPS) is 17.3. The lowest BCUT2D eigenvalue weighted by Crippen LogP contribution is -2.49. The van der Waals surface area contributed by atoms with E-state index >= 15 is 0 Å². The number of aliphatic hydroxyl groups is 2. The summed E-state index contributed by atoms with van der Waals surface area (Å²) in [6, 6.07) is 0. The third-order valence-corrected chi connectivity index (χ3v) is 3.67. The molecule has 0 saturated heterocycles. The second-order valence-electron chi connectivity index (χ2n) is 4.93. The van der Waals surface area contributed by atoms with Gasteiger partial charge in [-0.05, 0) is 0 Å². The van der Waals surface area contributed by atoms with E-state index in [2.05, 4.69) is 25.5 Å². The Labute approximate surface area is 134 Å². The number of aliphatic hydroxyl groups excluding tert-OH is 2. The number of nitrogens with zero attached hydrogens (tertiary/aromatic N) is 3. The molecule has 0 aliphatic carbocycles. The fourth-order valence-electron chi connectivity index (χ4n) is 2.46. The summed E-state index contributed by atoms with van der Waals surface area (Å²) in [5.74, 6) is 1.13. The van der Waals surface area contributed by atoms with Crippen LogP contribution >= 0.6 is 0 Å². The molecule has 0 saturated carbocycles. The van der Waals surface area contributed by atoms with E-state index in [-0.39, 0.29) is 6.61 Å². The number of anilines is 3. The van der Waals surface area contributed by atoms with Gasteiger partial charge in [0.25, 0.3) is 0 Å². The third-order valence-electron chi connectivity index (χ3n) is 3.67. The van der Waals surface area contributed by atoms with E-state index in [0.29, 0.717) is 30.4 Å². The Morgan fingerprint density at radius 3 is 2.83 bits per heavy atom. The molecule has 0 spiro atoms. The topological polar surface area (TPSA) is 121 Å². The number of aromatic nitrogens is 2. The van der Waals surface area contributed by atoms with Crippen molar-refractivity contribution in [1.29, 1.82) is 0 Å². The Kier molecular flexibility index (Phi) is 6.30. The summed E-state index contributed by atoms with van der Waals surface area (Å²) in [5, 5.41) is 26.9. The monoisotopic (exact) mass is 329 g/mol. The van der Waals surface area contributed by atoms with Crippen LogP contribution < -0.4 is 15.5 Å². The molecular weight excluding hydrogens is 306 g/mol. The zero-order valence-electron chi connectivity index (χ0n) is 13.4. The van der Waals surface area contributed by atoms with Crippen molar-refractivity contribution in [3.05, 3.63) is 6.33 Å². The minimum Gasteiger partial charge on any atom is -0.386 e. The first-order valence-electron chi connectivity index (χ1n) is 7.21. The number of nitrogens with one attached hydrogen (secondary N) is 2. The van der Waals surface area contributed by atoms with Crippen molar-refractivity contribution < 1.29 is 24.7 Å². The van der Waals surface area contributed by atoms with Crippen LogP contribution in [-0.2, 0) is 14.5 Å². The molecule has 1 aliphatic heterocycles. The van der Waals surface area contributed by atoms with E-state index in [1.54, 1.807) is 11.9 Å². The van der Waals surface area contributed by atoms with Crippen LogP contribution in [0.2, 0.25) is 0 Å². The van der Waals surface area contributed by atoms with Crippen molar-refractivity contribution in [3.63, 3.8) is 0 Å². The van der Waals surface area contributed by atoms with Crippen LogP contribution in [0.15, 0.2) is 6.33 Å². The average Bonchev–Trinajstić information content (AvgIpc) is 3.01. The number of fused-ring (bicyclic) bond motifs is 1. The standard InChI is InChI=1S/C13H23N5O5/c1-14-11-9-12(16-6-15-11)18(7-17-9)13(20)10(19)8(21-2)4-5-23-22-3/h6,8,10,13,17,19-20H,4-5,7H2,1-3H3,(H,14,15,16). The maximum Gasteiger partial charge on any atom is 0.161 e. The first-order chi connectivity index (χ1) is 11.1. The summed E-state index contributed by atoms with van der Waals surface area (Å²) in [6.07, 6.45) is -1.21. The van der Waals surface area contributed by atoms with Crippen LogP contribution in [0.3, 0.4) is 0 Å². The van der Waals surface area contributed by atoms with Gasteiger partial charge in [-0.2, -0.15) is 0 Å². The van der Waals surface area contributed by atoms with Gasteiger partial charge < -0.3 is 30.5 Å². The van der Waals surface area contributed by atoms with E-state index in [1.165, 1.54) is 20.5 Å². The lowest BCUT2D eigenvalue weighted by molar-refractivity contribution is -0.277. The van der Waals surface area contributed by atoms with Crippen molar-refractivity contribution in [2.24, 2.45) is 0 Å². The first kappa shape index (κ1) is 17.6. The SMILES string of the molecule is CNc1ncnc2c1NCN2C(O)C(O)C(CCOOC)OC. The van der Waals surface area contributed by atoms with Crippen molar-refractivity contribution in [1.82, 2.24) is 9.97 Å². The number of rotatable bonds is 9. The van der Waals surface area contributed by atoms with Gasteiger partial charge in [-0.3, -0.25) is 0 Å². The van der Waals surface area contributed by atoms with E-state index in [1.807, 2.05) is 0 Å². The summed E-state index contributed by atoms with van der Waals surface area (Å²) in [7, 11) is 4.61. The van der Waals surface area contributed by atoms with Crippen LogP contribution in [0.1, 0.15) is 6.42 Å². The van der Waals surface area contributed by atoms with Gasteiger partial charge >= 0.3 is 0 Å². The summed E-state index contributed by atoms with van der Waals surface area (Å²) in [6.45, 7) is 0.533. The molecule has 0 radical (unpaired) electrons. The largest absolute Gasteiger partial charge is 0.386 e. The molecule has 10 nitrogen and oxygen atoms in total. The highest BCUT2D eigenvalue weighted by atomic mass is 17.2. The predicted octanol–water partition coefficient (Wildman–Crippen LogP) is -0.630. The quantitative estimate of drug-likeness (QED) is 0.265. The predicted molar refractivity (Wildman–Crippen MR) is 82.9 cm³/mol. The zero-order chi connectivity index (χ0) is 16.8. The maximum atomic E-state index is 10.5. The number of hydrogen-bond donors (Lipinski definition) is 4. The van der Waals surface area contributed by atoms with Gasteiger partial charge in [0.1, 0.15) is 18.1 Å². The van der Waals surface area contributed by atoms with Gasteiger partial charge in [0, 0.05) is 20.6 Å². The number of methoxy groups -OCH3 is 1. The number of ether oxygens (including phenoxy) is 1. The first-order valence-corrected chi connectivity index (χ1v) is 7.21. The Balaban J connectivity index is 2.08. The second-order valence-corrected chi connectivity index (χ2v) is 4.93. The van der Waals surface area contributed by atoms with Crippen LogP contribution in [0.4, 0.5) is 17.3 Å². The molecule has 1 aromatic heterocycles. The lowest BCUT2D eigenvalue weighted by atomic mass is 10.1. The highest BCUT2D eigenvalue weighted by molar-refractivity contribution is 5.81. The number of hydrogen-bond acceptors (Lipinski definition) is 10. The van der Waals surface area contributed by atoms with E-state index in [9.17, 15) is 10.2 Å². The van der Waals surface area contributed by atoms with Gasteiger partial charge in [0.05, 0.1) is 26.5 Å². The van der Waals surface area contributed by atoms with Gasteiger partial charge in [-0.1, -0.05) is 0 Å². The van der Waals surface area contributed by atoms with E-state index < -0.39 is 18.4 Å². The Morgan fingerprint density at radius 2 is 2.17 bits per heavy atom. The summed E-state index contributed by atoms with van der Waals surface area (Å²) < 4.78 is 5.23. The van der Waals surface area contributed by atoms with Crippen molar-refractivity contribution in [2.45, 2.75) is 24.9 Å². The maximum absolute atomic E-state index is 10.5. The molecule has 0 bridgehead atoms. The molecular formula is C13H23N5O5. The van der Waals surface area contributed by atoms with Crippen molar-refractivity contribution in [2.75, 3.05) is 50.1 Å². The molecule has 10 heteroatoms. The Hall–Kier alpha value is -1.72. The third kappa shape index (κ3) is 3.79. The average molecular weight is 329 g/mol. The molecule has 1 aliphatic rings. The summed E-state index contributed by atoms with van der Waals surface area (Å²) in [5.41, 5.74) is 0.679. The fraction of sp³-hybridized carbons (Fsp3) is 0.692. The molecule has 3 unspecified atom stereocenters. The van der Waals surface area contributed by atoms with E-state index in [0.717, 1.165) is 0 Å². The van der Waals surface area contributed by atoms with Gasteiger partial charge in [-0.15, -0.1) is 0 Å².